The normalized spacial score (nSPS) is 11.0. The van der Waals surface area contributed by atoms with Gasteiger partial charge in [0.25, 0.3) is 0 Å². The van der Waals surface area contributed by atoms with E-state index in [1.165, 1.54) is 13.2 Å². The van der Waals surface area contributed by atoms with Crippen molar-refractivity contribution < 1.29 is 13.9 Å². The van der Waals surface area contributed by atoms with E-state index >= 15 is 0 Å². The van der Waals surface area contributed by atoms with E-state index < -0.39 is 5.82 Å². The summed E-state index contributed by atoms with van der Waals surface area (Å²) in [5.41, 5.74) is 2.74. The summed E-state index contributed by atoms with van der Waals surface area (Å²) >= 11 is 0. The van der Waals surface area contributed by atoms with Gasteiger partial charge in [0.1, 0.15) is 11.4 Å². The van der Waals surface area contributed by atoms with Crippen molar-refractivity contribution in [2.24, 2.45) is 0 Å². The minimum absolute atomic E-state index is 0.135. The molecule has 0 aliphatic carbocycles. The molecule has 0 saturated carbocycles. The van der Waals surface area contributed by atoms with Crippen LogP contribution in [0.3, 0.4) is 0 Å². The molecular weight excluding hydrogens is 381 g/mol. The molecule has 0 atom stereocenters. The molecule has 6 heteroatoms. The van der Waals surface area contributed by atoms with E-state index in [0.29, 0.717) is 33.7 Å². The Balaban J connectivity index is 1.69. The van der Waals surface area contributed by atoms with E-state index in [-0.39, 0.29) is 5.75 Å². The molecule has 0 aliphatic rings. The summed E-state index contributed by atoms with van der Waals surface area (Å²) in [6.07, 6.45) is 3.32. The van der Waals surface area contributed by atoms with Crippen LogP contribution in [0.1, 0.15) is 0 Å². The third kappa shape index (κ3) is 3.18. The first-order chi connectivity index (χ1) is 14.7. The van der Waals surface area contributed by atoms with Crippen LogP contribution in [0.15, 0.2) is 79.1 Å². The van der Waals surface area contributed by atoms with Crippen molar-refractivity contribution in [1.82, 2.24) is 15.0 Å². The van der Waals surface area contributed by atoms with Crippen LogP contribution in [0.4, 0.5) is 4.39 Å². The van der Waals surface area contributed by atoms with Crippen LogP contribution in [0.5, 0.6) is 17.2 Å². The summed E-state index contributed by atoms with van der Waals surface area (Å²) in [7, 11) is 1.42. The molecule has 3 heterocycles. The van der Waals surface area contributed by atoms with Crippen molar-refractivity contribution >= 4 is 21.9 Å². The lowest BCUT2D eigenvalue weighted by Crippen LogP contribution is -1.96. The van der Waals surface area contributed by atoms with E-state index in [1.807, 2.05) is 48.5 Å². The zero-order chi connectivity index (χ0) is 20.5. The molecule has 5 aromatic rings. The van der Waals surface area contributed by atoms with Gasteiger partial charge in [0.05, 0.1) is 12.6 Å². The predicted octanol–water partition coefficient (Wildman–Crippen LogP) is 5.79. The predicted molar refractivity (Wildman–Crippen MR) is 113 cm³/mol. The average molecular weight is 397 g/mol. The highest BCUT2D eigenvalue weighted by atomic mass is 19.1. The van der Waals surface area contributed by atoms with Gasteiger partial charge in [-0.15, -0.1) is 0 Å². The molecule has 30 heavy (non-hydrogen) atoms. The highest BCUT2D eigenvalue weighted by Gasteiger charge is 2.15. The molecule has 0 spiro atoms. The zero-order valence-corrected chi connectivity index (χ0v) is 16.0. The quantitative estimate of drug-likeness (QED) is 0.384. The van der Waals surface area contributed by atoms with Gasteiger partial charge < -0.3 is 9.47 Å². The van der Waals surface area contributed by atoms with Crippen molar-refractivity contribution in [3.8, 4) is 28.5 Å². The number of hydrogen-bond acceptors (Lipinski definition) is 5. The SMILES string of the molecule is COc1cc2nccc(Oc3cc4cccnc4nc3-c3ccccc3)c2cc1F. The minimum atomic E-state index is -0.480. The summed E-state index contributed by atoms with van der Waals surface area (Å²) in [4.78, 5) is 13.4. The van der Waals surface area contributed by atoms with Crippen molar-refractivity contribution in [1.29, 1.82) is 0 Å². The third-order valence-corrected chi connectivity index (χ3v) is 4.80. The molecule has 0 bridgehead atoms. The molecular formula is C24H16FN3O2. The van der Waals surface area contributed by atoms with Gasteiger partial charge in [-0.25, -0.2) is 14.4 Å². The van der Waals surface area contributed by atoms with Gasteiger partial charge >= 0.3 is 0 Å². The van der Waals surface area contributed by atoms with Crippen LogP contribution >= 0.6 is 0 Å². The van der Waals surface area contributed by atoms with Crippen LogP contribution in [-0.4, -0.2) is 22.1 Å². The fourth-order valence-electron chi connectivity index (χ4n) is 3.35. The number of aromatic nitrogens is 3. The van der Waals surface area contributed by atoms with E-state index in [0.717, 1.165) is 10.9 Å². The van der Waals surface area contributed by atoms with Gasteiger partial charge in [0.2, 0.25) is 0 Å². The zero-order valence-electron chi connectivity index (χ0n) is 16.0. The summed E-state index contributed by atoms with van der Waals surface area (Å²) in [6.45, 7) is 0. The van der Waals surface area contributed by atoms with Crippen molar-refractivity contribution in [2.75, 3.05) is 7.11 Å². The van der Waals surface area contributed by atoms with Crippen LogP contribution in [-0.2, 0) is 0 Å². The Labute approximate surface area is 171 Å². The number of nitrogens with zero attached hydrogens (tertiary/aromatic N) is 3. The number of pyridine rings is 3. The van der Waals surface area contributed by atoms with Crippen molar-refractivity contribution in [3.63, 3.8) is 0 Å². The molecule has 0 amide bonds. The molecule has 3 aromatic heterocycles. The van der Waals surface area contributed by atoms with E-state index in [4.69, 9.17) is 14.5 Å². The van der Waals surface area contributed by atoms with Gasteiger partial charge in [0.15, 0.2) is 23.0 Å². The molecule has 0 saturated heterocycles. The monoisotopic (exact) mass is 397 g/mol. The maximum Gasteiger partial charge on any atom is 0.165 e. The Morgan fingerprint density at radius 2 is 1.67 bits per heavy atom. The van der Waals surface area contributed by atoms with Gasteiger partial charge in [-0.3, -0.25) is 4.98 Å². The Morgan fingerprint density at radius 1 is 0.800 bits per heavy atom. The largest absolute Gasteiger partial charge is 0.494 e. The number of fused-ring (bicyclic) bond motifs is 2. The van der Waals surface area contributed by atoms with Crippen LogP contribution in [0.2, 0.25) is 0 Å². The fraction of sp³-hybridized carbons (Fsp3) is 0.0417. The maximum atomic E-state index is 14.4. The van der Waals surface area contributed by atoms with E-state index in [1.54, 1.807) is 24.5 Å². The molecule has 0 fully saturated rings. The number of ether oxygens (including phenoxy) is 2. The fourth-order valence-corrected chi connectivity index (χ4v) is 3.35. The molecule has 5 rings (SSSR count). The highest BCUT2D eigenvalue weighted by molar-refractivity contribution is 5.88. The summed E-state index contributed by atoms with van der Waals surface area (Å²) < 4.78 is 25.7. The standard InChI is InChI=1S/C24H16FN3O2/c1-29-21-14-19-17(13-18(21)25)20(9-11-26-19)30-22-12-16-8-5-10-27-24(16)28-23(22)15-6-3-2-4-7-15/h2-14H,1H3. The Hall–Kier alpha value is -4.06. The molecule has 0 radical (unpaired) electrons. The van der Waals surface area contributed by atoms with Gasteiger partial charge in [-0.2, -0.15) is 0 Å². The maximum absolute atomic E-state index is 14.4. The smallest absolute Gasteiger partial charge is 0.165 e. The number of methoxy groups -OCH3 is 1. The molecule has 146 valence electrons. The van der Waals surface area contributed by atoms with Gasteiger partial charge in [0, 0.05) is 34.8 Å². The summed E-state index contributed by atoms with van der Waals surface area (Å²) in [6, 6.07) is 20.0. The second kappa shape index (κ2) is 7.40. The number of rotatable bonds is 4. The van der Waals surface area contributed by atoms with Gasteiger partial charge in [-0.1, -0.05) is 30.3 Å². The lowest BCUT2D eigenvalue weighted by Gasteiger charge is -2.14. The number of hydrogen-bond donors (Lipinski definition) is 0. The second-order valence-electron chi connectivity index (χ2n) is 6.67. The molecule has 0 aliphatic heterocycles. The topological polar surface area (TPSA) is 57.1 Å². The molecule has 2 aromatic carbocycles. The first-order valence-electron chi connectivity index (χ1n) is 9.34. The first kappa shape index (κ1) is 18.0. The van der Waals surface area contributed by atoms with Crippen LogP contribution in [0.25, 0.3) is 33.2 Å². The third-order valence-electron chi connectivity index (χ3n) is 4.80. The average Bonchev–Trinajstić information content (AvgIpc) is 2.79. The lowest BCUT2D eigenvalue weighted by molar-refractivity contribution is 0.387. The van der Waals surface area contributed by atoms with Gasteiger partial charge in [-0.05, 0) is 30.3 Å². The van der Waals surface area contributed by atoms with Crippen molar-refractivity contribution in [3.05, 3.63) is 84.9 Å². The summed E-state index contributed by atoms with van der Waals surface area (Å²) in [5, 5.41) is 1.39. The molecule has 0 unspecified atom stereocenters. The minimum Gasteiger partial charge on any atom is -0.494 e. The Bertz CT molecular complexity index is 1370. The molecule has 0 N–H and O–H groups in total. The lowest BCUT2D eigenvalue weighted by atomic mass is 10.1. The second-order valence-corrected chi connectivity index (χ2v) is 6.67. The van der Waals surface area contributed by atoms with E-state index in [2.05, 4.69) is 9.97 Å². The van der Waals surface area contributed by atoms with Crippen molar-refractivity contribution in [2.45, 2.75) is 0 Å². The number of halogens is 1. The number of benzene rings is 2. The highest BCUT2D eigenvalue weighted by Crippen LogP contribution is 2.37. The Morgan fingerprint density at radius 3 is 2.50 bits per heavy atom. The van der Waals surface area contributed by atoms with Crippen LogP contribution < -0.4 is 9.47 Å². The molecule has 5 nitrogen and oxygen atoms in total. The Kier molecular flexibility index (Phi) is 4.44. The van der Waals surface area contributed by atoms with Crippen LogP contribution in [0, 0.1) is 5.82 Å². The summed E-state index contributed by atoms with van der Waals surface area (Å²) in [5.74, 6) is 0.678. The first-order valence-corrected chi connectivity index (χ1v) is 9.34. The van der Waals surface area contributed by atoms with E-state index in [9.17, 15) is 4.39 Å².